The predicted molar refractivity (Wildman–Crippen MR) is 83.8 cm³/mol. The number of hydrogen-bond acceptors (Lipinski definition) is 5. The first kappa shape index (κ1) is 16.6. The summed E-state index contributed by atoms with van der Waals surface area (Å²) in [6.07, 6.45) is 0. The number of sulfonamides is 1. The highest BCUT2D eigenvalue weighted by Gasteiger charge is 2.21. The number of carboxylic acid groups (broad SMARTS) is 1. The molecule has 0 bridgehead atoms. The number of carbonyl (C=O) groups is 1. The van der Waals surface area contributed by atoms with Crippen LogP contribution in [0.25, 0.3) is 0 Å². The maximum atomic E-state index is 12.5. The molecule has 7 nitrogen and oxygen atoms in total. The highest BCUT2D eigenvalue weighted by molar-refractivity contribution is 7.92. The summed E-state index contributed by atoms with van der Waals surface area (Å²) in [5.41, 5.74) is 0.162. The van der Waals surface area contributed by atoms with E-state index < -0.39 is 16.0 Å². The zero-order chi connectivity index (χ0) is 17.0. The molecule has 0 aliphatic carbocycles. The molecule has 0 heterocycles. The van der Waals surface area contributed by atoms with Gasteiger partial charge in [0.05, 0.1) is 19.8 Å². The Hall–Kier alpha value is -2.74. The van der Waals surface area contributed by atoms with Crippen molar-refractivity contribution in [3.63, 3.8) is 0 Å². The highest BCUT2D eigenvalue weighted by Crippen LogP contribution is 2.27. The van der Waals surface area contributed by atoms with E-state index in [0.717, 1.165) is 6.07 Å². The van der Waals surface area contributed by atoms with Gasteiger partial charge in [0.2, 0.25) is 0 Å². The maximum Gasteiger partial charge on any atom is 0.335 e. The van der Waals surface area contributed by atoms with Crippen molar-refractivity contribution in [1.82, 2.24) is 0 Å². The molecule has 0 fully saturated rings. The van der Waals surface area contributed by atoms with Crippen molar-refractivity contribution in [2.75, 3.05) is 18.9 Å². The van der Waals surface area contributed by atoms with E-state index in [0.29, 0.717) is 11.4 Å². The van der Waals surface area contributed by atoms with Crippen LogP contribution in [0, 0.1) is 0 Å². The van der Waals surface area contributed by atoms with E-state index in [9.17, 15) is 13.2 Å². The number of carboxylic acids is 1. The highest BCUT2D eigenvalue weighted by atomic mass is 32.2. The molecule has 23 heavy (non-hydrogen) atoms. The molecule has 0 aromatic heterocycles. The van der Waals surface area contributed by atoms with Crippen LogP contribution in [-0.4, -0.2) is 33.7 Å². The number of benzene rings is 2. The second kappa shape index (κ2) is 6.57. The average molecular weight is 337 g/mol. The Bertz CT molecular complexity index is 814. The second-order valence-electron chi connectivity index (χ2n) is 4.50. The van der Waals surface area contributed by atoms with Gasteiger partial charge in [-0.2, -0.15) is 0 Å². The monoisotopic (exact) mass is 337 g/mol. The van der Waals surface area contributed by atoms with Gasteiger partial charge in [0.15, 0.2) is 0 Å². The molecule has 0 radical (unpaired) electrons. The number of methoxy groups -OCH3 is 2. The van der Waals surface area contributed by atoms with Crippen LogP contribution in [0.2, 0.25) is 0 Å². The van der Waals surface area contributed by atoms with E-state index in [1.165, 1.54) is 38.5 Å². The van der Waals surface area contributed by atoms with Crippen LogP contribution >= 0.6 is 0 Å². The van der Waals surface area contributed by atoms with Crippen LogP contribution in [0.4, 0.5) is 5.69 Å². The van der Waals surface area contributed by atoms with E-state index in [1.807, 2.05) is 0 Å². The van der Waals surface area contributed by atoms with E-state index in [2.05, 4.69) is 4.72 Å². The minimum atomic E-state index is -4.01. The van der Waals surface area contributed by atoms with Gasteiger partial charge in [-0.1, -0.05) is 0 Å². The van der Waals surface area contributed by atoms with Crippen LogP contribution in [0.5, 0.6) is 11.5 Å². The lowest BCUT2D eigenvalue weighted by Crippen LogP contribution is -2.15. The summed E-state index contributed by atoms with van der Waals surface area (Å²) in [5.74, 6) is -0.594. The van der Waals surface area contributed by atoms with Crippen molar-refractivity contribution in [2.45, 2.75) is 4.90 Å². The summed E-state index contributed by atoms with van der Waals surface area (Å²) in [4.78, 5) is 10.8. The van der Waals surface area contributed by atoms with Crippen LogP contribution in [0.3, 0.4) is 0 Å². The van der Waals surface area contributed by atoms with Crippen molar-refractivity contribution in [3.05, 3.63) is 48.0 Å². The maximum absolute atomic E-state index is 12.5. The smallest absolute Gasteiger partial charge is 0.335 e. The van der Waals surface area contributed by atoms with Gasteiger partial charge in [0.25, 0.3) is 10.0 Å². The SMILES string of the molecule is COc1ccc(NS(=O)(=O)c2cc(C(=O)O)ccc2OC)cc1. The summed E-state index contributed by atoms with van der Waals surface area (Å²) >= 11 is 0. The third kappa shape index (κ3) is 3.72. The van der Waals surface area contributed by atoms with Gasteiger partial charge in [-0.05, 0) is 42.5 Å². The second-order valence-corrected chi connectivity index (χ2v) is 6.16. The van der Waals surface area contributed by atoms with E-state index in [1.54, 1.807) is 12.1 Å². The van der Waals surface area contributed by atoms with Crippen LogP contribution in [0.1, 0.15) is 10.4 Å². The molecule has 0 saturated carbocycles. The molecular formula is C15H15NO6S. The van der Waals surface area contributed by atoms with Crippen LogP contribution < -0.4 is 14.2 Å². The normalized spacial score (nSPS) is 10.9. The van der Waals surface area contributed by atoms with Crippen LogP contribution in [0.15, 0.2) is 47.4 Å². The summed E-state index contributed by atoms with van der Waals surface area (Å²) in [6, 6.07) is 9.88. The van der Waals surface area contributed by atoms with Gasteiger partial charge in [0.1, 0.15) is 16.4 Å². The Kier molecular flexibility index (Phi) is 4.75. The summed E-state index contributed by atoms with van der Waals surface area (Å²) in [6.45, 7) is 0. The molecule has 2 aromatic carbocycles. The molecule has 2 rings (SSSR count). The molecule has 0 spiro atoms. The number of aromatic carboxylic acids is 1. The summed E-state index contributed by atoms with van der Waals surface area (Å²) < 4.78 is 37.4. The van der Waals surface area contributed by atoms with E-state index >= 15 is 0 Å². The van der Waals surface area contributed by atoms with E-state index in [-0.39, 0.29) is 16.2 Å². The fourth-order valence-electron chi connectivity index (χ4n) is 1.89. The minimum absolute atomic E-state index is 0.0519. The molecule has 0 unspecified atom stereocenters. The molecule has 0 saturated heterocycles. The van der Waals surface area contributed by atoms with Crippen molar-refractivity contribution in [3.8, 4) is 11.5 Å². The number of anilines is 1. The Morgan fingerprint density at radius 2 is 1.70 bits per heavy atom. The first-order valence-electron chi connectivity index (χ1n) is 6.45. The Morgan fingerprint density at radius 3 is 2.22 bits per heavy atom. The zero-order valence-electron chi connectivity index (χ0n) is 12.4. The minimum Gasteiger partial charge on any atom is -0.497 e. The first-order valence-corrected chi connectivity index (χ1v) is 7.94. The van der Waals surface area contributed by atoms with Crippen molar-refractivity contribution in [1.29, 1.82) is 0 Å². The van der Waals surface area contributed by atoms with Gasteiger partial charge < -0.3 is 14.6 Å². The fraction of sp³-hybridized carbons (Fsp3) is 0.133. The molecule has 2 aromatic rings. The number of ether oxygens (including phenoxy) is 2. The fourth-order valence-corrected chi connectivity index (χ4v) is 3.14. The van der Waals surface area contributed by atoms with Gasteiger partial charge in [-0.25, -0.2) is 13.2 Å². The number of hydrogen-bond donors (Lipinski definition) is 2. The molecule has 0 aliphatic heterocycles. The number of nitrogens with one attached hydrogen (secondary N) is 1. The first-order chi connectivity index (χ1) is 10.9. The Morgan fingerprint density at radius 1 is 1.04 bits per heavy atom. The van der Waals surface area contributed by atoms with Crippen LogP contribution in [-0.2, 0) is 10.0 Å². The molecular weight excluding hydrogens is 322 g/mol. The lowest BCUT2D eigenvalue weighted by molar-refractivity contribution is 0.0696. The molecule has 122 valence electrons. The Balaban J connectivity index is 2.41. The largest absolute Gasteiger partial charge is 0.497 e. The topological polar surface area (TPSA) is 102 Å². The van der Waals surface area contributed by atoms with Gasteiger partial charge in [0, 0.05) is 5.69 Å². The van der Waals surface area contributed by atoms with Gasteiger partial charge >= 0.3 is 5.97 Å². The van der Waals surface area contributed by atoms with Gasteiger partial charge in [-0.3, -0.25) is 4.72 Å². The van der Waals surface area contributed by atoms with Crippen molar-refractivity contribution >= 4 is 21.7 Å². The quantitative estimate of drug-likeness (QED) is 0.838. The molecule has 0 amide bonds. The molecule has 0 atom stereocenters. The van der Waals surface area contributed by atoms with E-state index in [4.69, 9.17) is 14.6 Å². The average Bonchev–Trinajstić information content (AvgIpc) is 2.54. The van der Waals surface area contributed by atoms with Gasteiger partial charge in [-0.15, -0.1) is 0 Å². The zero-order valence-corrected chi connectivity index (χ0v) is 13.3. The van der Waals surface area contributed by atoms with Crippen molar-refractivity contribution in [2.24, 2.45) is 0 Å². The lowest BCUT2D eigenvalue weighted by atomic mass is 10.2. The van der Waals surface area contributed by atoms with Crippen molar-refractivity contribution < 1.29 is 27.8 Å². The standard InChI is InChI=1S/C15H15NO6S/c1-21-12-6-4-11(5-7-12)16-23(19,20)14-9-10(15(17)18)3-8-13(14)22-2/h3-9,16H,1-2H3,(H,17,18). The summed E-state index contributed by atoms with van der Waals surface area (Å²) in [5, 5.41) is 9.02. The molecule has 2 N–H and O–H groups in total. The number of rotatable bonds is 6. The molecule has 0 aliphatic rings. The lowest BCUT2D eigenvalue weighted by Gasteiger charge is -2.12. The predicted octanol–water partition coefficient (Wildman–Crippen LogP) is 2.20. The summed E-state index contributed by atoms with van der Waals surface area (Å²) in [7, 11) is -1.20. The third-order valence-electron chi connectivity index (χ3n) is 3.04. The molecule has 8 heteroatoms. The Labute approximate surface area is 133 Å². The third-order valence-corrected chi connectivity index (χ3v) is 4.44.